The number of aliphatic carboxylic acids is 2. The minimum absolute atomic E-state index is 0.0271. The highest BCUT2D eigenvalue weighted by molar-refractivity contribution is 5.93. The molecule has 0 radical (unpaired) electrons. The number of carboxylic acid groups (broad SMARTS) is 2. The Bertz CT molecular complexity index is 366. The number of hydrogen-bond acceptors (Lipinski definition) is 4. The van der Waals surface area contributed by atoms with Gasteiger partial charge < -0.3 is 14.9 Å². The van der Waals surface area contributed by atoms with Crippen molar-refractivity contribution < 1.29 is 29.3 Å². The molecule has 6 nitrogen and oxygen atoms in total. The van der Waals surface area contributed by atoms with Crippen LogP contribution in [0.15, 0.2) is 36.5 Å². The fraction of sp³-hybridized carbons (Fsp3) is 0.250. The van der Waals surface area contributed by atoms with E-state index in [-0.39, 0.29) is 17.8 Å². The van der Waals surface area contributed by atoms with Crippen molar-refractivity contribution in [2.75, 3.05) is 6.61 Å². The fourth-order valence-electron chi connectivity index (χ4n) is 0.464. The summed E-state index contributed by atoms with van der Waals surface area (Å²) in [7, 11) is 0. The maximum absolute atomic E-state index is 10.8. The Labute approximate surface area is 105 Å². The molecule has 0 bridgehead atoms. The first-order valence-corrected chi connectivity index (χ1v) is 4.88. The maximum atomic E-state index is 10.8. The second-order valence-electron chi connectivity index (χ2n) is 3.00. The highest BCUT2D eigenvalue weighted by Crippen LogP contribution is 1.96. The van der Waals surface area contributed by atoms with E-state index in [0.29, 0.717) is 0 Å². The number of carboxylic acids is 2. The summed E-state index contributed by atoms with van der Waals surface area (Å²) in [6.07, 6.45) is 1.93. The molecule has 0 saturated heterocycles. The third kappa shape index (κ3) is 11.7. The van der Waals surface area contributed by atoms with E-state index in [1.165, 1.54) is 6.92 Å². The van der Waals surface area contributed by atoms with Crippen LogP contribution >= 0.6 is 0 Å². The van der Waals surface area contributed by atoms with Crippen molar-refractivity contribution in [3.8, 4) is 0 Å². The summed E-state index contributed by atoms with van der Waals surface area (Å²) in [5.41, 5.74) is 0.203. The first-order valence-electron chi connectivity index (χ1n) is 4.88. The molecule has 0 amide bonds. The van der Waals surface area contributed by atoms with Gasteiger partial charge in [-0.25, -0.2) is 14.4 Å². The SMILES string of the molecule is C=C(C)C(=O)O.C=C(C=CC(=O)O)C(=O)OCC. The van der Waals surface area contributed by atoms with Gasteiger partial charge in [-0.3, -0.25) is 0 Å². The Kier molecular flexibility index (Phi) is 9.83. The van der Waals surface area contributed by atoms with E-state index in [0.717, 1.165) is 12.2 Å². The third-order valence-electron chi connectivity index (χ3n) is 1.33. The summed E-state index contributed by atoms with van der Waals surface area (Å²) in [4.78, 5) is 30.4. The van der Waals surface area contributed by atoms with Crippen LogP contribution in [0.5, 0.6) is 0 Å². The van der Waals surface area contributed by atoms with E-state index < -0.39 is 17.9 Å². The lowest BCUT2D eigenvalue weighted by Crippen LogP contribution is -2.05. The number of esters is 1. The highest BCUT2D eigenvalue weighted by atomic mass is 16.5. The first kappa shape index (κ1) is 18.0. The van der Waals surface area contributed by atoms with Gasteiger partial charge in [0.15, 0.2) is 0 Å². The van der Waals surface area contributed by atoms with Crippen LogP contribution in [0.4, 0.5) is 0 Å². The van der Waals surface area contributed by atoms with Gasteiger partial charge >= 0.3 is 17.9 Å². The topological polar surface area (TPSA) is 101 Å². The number of carbonyl (C=O) groups excluding carboxylic acids is 1. The number of carbonyl (C=O) groups is 3. The molecule has 0 aliphatic carbocycles. The molecule has 0 fully saturated rings. The van der Waals surface area contributed by atoms with Crippen LogP contribution in [0.2, 0.25) is 0 Å². The van der Waals surface area contributed by atoms with Crippen LogP contribution in [0.25, 0.3) is 0 Å². The molecule has 2 N–H and O–H groups in total. The highest BCUT2D eigenvalue weighted by Gasteiger charge is 2.03. The van der Waals surface area contributed by atoms with Crippen molar-refractivity contribution in [1.82, 2.24) is 0 Å². The quantitative estimate of drug-likeness (QED) is 0.438. The van der Waals surface area contributed by atoms with Crippen molar-refractivity contribution in [1.29, 1.82) is 0 Å². The molecule has 0 spiro atoms. The zero-order valence-electron chi connectivity index (χ0n) is 10.3. The molecular formula is C12H16O6. The third-order valence-corrected chi connectivity index (χ3v) is 1.33. The molecule has 18 heavy (non-hydrogen) atoms. The monoisotopic (exact) mass is 256 g/mol. The van der Waals surface area contributed by atoms with Gasteiger partial charge in [-0.15, -0.1) is 0 Å². The van der Waals surface area contributed by atoms with E-state index in [4.69, 9.17) is 10.2 Å². The summed E-state index contributed by atoms with van der Waals surface area (Å²) in [5.74, 6) is -2.66. The van der Waals surface area contributed by atoms with Gasteiger partial charge in [0.1, 0.15) is 0 Å². The fourth-order valence-corrected chi connectivity index (χ4v) is 0.464. The maximum Gasteiger partial charge on any atom is 0.337 e. The van der Waals surface area contributed by atoms with E-state index in [9.17, 15) is 14.4 Å². The lowest BCUT2D eigenvalue weighted by atomic mass is 10.3. The Morgan fingerprint density at radius 1 is 1.17 bits per heavy atom. The lowest BCUT2D eigenvalue weighted by molar-refractivity contribution is -0.138. The number of rotatable bonds is 5. The van der Waals surface area contributed by atoms with Crippen LogP contribution in [-0.4, -0.2) is 34.7 Å². The molecule has 0 heterocycles. The number of hydrogen-bond donors (Lipinski definition) is 2. The minimum Gasteiger partial charge on any atom is -0.478 e. The van der Waals surface area contributed by atoms with Crippen molar-refractivity contribution in [2.24, 2.45) is 0 Å². The summed E-state index contributed by atoms with van der Waals surface area (Å²) in [5, 5.41) is 16.1. The molecule has 100 valence electrons. The van der Waals surface area contributed by atoms with Gasteiger partial charge in [-0.1, -0.05) is 13.2 Å². The van der Waals surface area contributed by atoms with E-state index in [2.05, 4.69) is 17.9 Å². The van der Waals surface area contributed by atoms with Gasteiger partial charge in [0.25, 0.3) is 0 Å². The van der Waals surface area contributed by atoms with Gasteiger partial charge in [0.05, 0.1) is 12.2 Å². The largest absolute Gasteiger partial charge is 0.478 e. The Morgan fingerprint density at radius 2 is 1.61 bits per heavy atom. The van der Waals surface area contributed by atoms with Crippen LogP contribution in [0.1, 0.15) is 13.8 Å². The molecular weight excluding hydrogens is 240 g/mol. The Balaban J connectivity index is 0. The van der Waals surface area contributed by atoms with Gasteiger partial charge in [-0.05, 0) is 19.9 Å². The van der Waals surface area contributed by atoms with Crippen LogP contribution in [0, 0.1) is 0 Å². The molecule has 0 saturated carbocycles. The predicted molar refractivity (Wildman–Crippen MR) is 65.0 cm³/mol. The predicted octanol–water partition coefficient (Wildman–Crippen LogP) is 1.39. The lowest BCUT2D eigenvalue weighted by Gasteiger charge is -1.98. The van der Waals surface area contributed by atoms with E-state index >= 15 is 0 Å². The molecule has 0 atom stereocenters. The summed E-state index contributed by atoms with van der Waals surface area (Å²) < 4.78 is 4.55. The van der Waals surface area contributed by atoms with Crippen molar-refractivity contribution in [3.05, 3.63) is 36.5 Å². The first-order chi connectivity index (χ1) is 8.22. The van der Waals surface area contributed by atoms with Crippen molar-refractivity contribution in [3.63, 3.8) is 0 Å². The standard InChI is InChI=1S/C8H10O4.C4H6O2/c1-3-12-8(11)6(2)4-5-7(9)10;1-3(2)4(5)6/h4-5H,2-3H2,1H3,(H,9,10);1H2,2H3,(H,5,6). The van der Waals surface area contributed by atoms with Gasteiger partial charge in [0, 0.05) is 11.6 Å². The Hall–Kier alpha value is -2.37. The number of ether oxygens (including phenoxy) is 1. The smallest absolute Gasteiger partial charge is 0.337 e. The Morgan fingerprint density at radius 3 is 1.89 bits per heavy atom. The molecule has 0 unspecified atom stereocenters. The molecule has 0 aromatic carbocycles. The molecule has 0 aromatic heterocycles. The molecule has 0 aromatic rings. The van der Waals surface area contributed by atoms with Gasteiger partial charge in [-0.2, -0.15) is 0 Å². The summed E-state index contributed by atoms with van der Waals surface area (Å²) in [6.45, 7) is 9.83. The summed E-state index contributed by atoms with van der Waals surface area (Å²) in [6, 6.07) is 0. The summed E-state index contributed by atoms with van der Waals surface area (Å²) >= 11 is 0. The molecule has 0 aliphatic rings. The average molecular weight is 256 g/mol. The zero-order chi connectivity index (χ0) is 14.7. The molecule has 0 rings (SSSR count). The minimum atomic E-state index is -1.12. The second kappa shape index (κ2) is 9.83. The van der Waals surface area contributed by atoms with Gasteiger partial charge in [0.2, 0.25) is 0 Å². The van der Waals surface area contributed by atoms with E-state index in [1.807, 2.05) is 0 Å². The second-order valence-corrected chi connectivity index (χ2v) is 3.00. The molecule has 6 heteroatoms. The normalized spacial score (nSPS) is 9.00. The van der Waals surface area contributed by atoms with Crippen molar-refractivity contribution >= 4 is 17.9 Å². The zero-order valence-corrected chi connectivity index (χ0v) is 10.3. The van der Waals surface area contributed by atoms with Crippen molar-refractivity contribution in [2.45, 2.75) is 13.8 Å². The van der Waals surface area contributed by atoms with E-state index in [1.54, 1.807) is 6.92 Å². The van der Waals surface area contributed by atoms with Crippen LogP contribution < -0.4 is 0 Å². The average Bonchev–Trinajstić information content (AvgIpc) is 2.26. The molecule has 0 aliphatic heterocycles. The van der Waals surface area contributed by atoms with Crippen LogP contribution in [0.3, 0.4) is 0 Å². The van der Waals surface area contributed by atoms with Crippen LogP contribution in [-0.2, 0) is 19.1 Å².